The third-order valence-electron chi connectivity index (χ3n) is 2.68. The van der Waals surface area contributed by atoms with E-state index in [0.29, 0.717) is 33.9 Å². The minimum absolute atomic E-state index is 0.320. The summed E-state index contributed by atoms with van der Waals surface area (Å²) in [7, 11) is 1.58. The molecular formula is C14H15ClN2O3S. The molecule has 0 saturated heterocycles. The van der Waals surface area contributed by atoms with Gasteiger partial charge >= 0.3 is 5.97 Å². The Morgan fingerprint density at radius 3 is 2.90 bits per heavy atom. The first-order chi connectivity index (χ1) is 10.0. The molecule has 0 aliphatic heterocycles. The summed E-state index contributed by atoms with van der Waals surface area (Å²) in [4.78, 5) is 16.8. The maximum atomic E-state index is 11.7. The molecule has 112 valence electrons. The van der Waals surface area contributed by atoms with Crippen molar-refractivity contribution in [3.63, 3.8) is 0 Å². The van der Waals surface area contributed by atoms with Crippen LogP contribution >= 0.6 is 22.9 Å². The molecule has 0 fully saturated rings. The number of methoxy groups -OCH3 is 1. The van der Waals surface area contributed by atoms with E-state index in [-0.39, 0.29) is 0 Å². The van der Waals surface area contributed by atoms with Gasteiger partial charge in [-0.15, -0.1) is 11.3 Å². The van der Waals surface area contributed by atoms with Gasteiger partial charge in [-0.3, -0.25) is 0 Å². The van der Waals surface area contributed by atoms with Gasteiger partial charge in [-0.25, -0.2) is 9.78 Å². The zero-order valence-electron chi connectivity index (χ0n) is 11.9. The zero-order chi connectivity index (χ0) is 15.4. The number of thiazole rings is 1. The van der Waals surface area contributed by atoms with Crippen molar-refractivity contribution in [1.82, 2.24) is 4.98 Å². The molecule has 21 heavy (non-hydrogen) atoms. The van der Waals surface area contributed by atoms with Crippen LogP contribution in [-0.4, -0.2) is 24.7 Å². The number of aromatic nitrogens is 1. The number of nitrogens with one attached hydrogen (secondary N) is 1. The van der Waals surface area contributed by atoms with Gasteiger partial charge in [0.05, 0.1) is 24.4 Å². The molecule has 0 aliphatic rings. The van der Waals surface area contributed by atoms with Gasteiger partial charge in [-0.2, -0.15) is 0 Å². The number of esters is 1. The Morgan fingerprint density at radius 2 is 2.24 bits per heavy atom. The molecule has 0 bridgehead atoms. The van der Waals surface area contributed by atoms with Crippen LogP contribution in [0, 0.1) is 6.92 Å². The molecular weight excluding hydrogens is 312 g/mol. The second kappa shape index (κ2) is 6.78. The van der Waals surface area contributed by atoms with Gasteiger partial charge in [-0.1, -0.05) is 11.6 Å². The SMILES string of the molecule is CCOC(=O)c1nc(Nc2cc(OC)ccc2Cl)sc1C. The molecule has 0 atom stereocenters. The van der Waals surface area contributed by atoms with Crippen molar-refractivity contribution < 1.29 is 14.3 Å². The highest BCUT2D eigenvalue weighted by Gasteiger charge is 2.17. The lowest BCUT2D eigenvalue weighted by Gasteiger charge is -2.07. The molecule has 5 nitrogen and oxygen atoms in total. The van der Waals surface area contributed by atoms with Crippen LogP contribution in [0.4, 0.5) is 10.8 Å². The van der Waals surface area contributed by atoms with Gasteiger partial charge in [0.1, 0.15) is 5.75 Å². The predicted octanol–water partition coefficient (Wildman–Crippen LogP) is 4.03. The van der Waals surface area contributed by atoms with Gasteiger partial charge in [-0.05, 0) is 26.0 Å². The van der Waals surface area contributed by atoms with Crippen molar-refractivity contribution in [2.75, 3.05) is 19.0 Å². The molecule has 0 aliphatic carbocycles. The third kappa shape index (κ3) is 3.65. The lowest BCUT2D eigenvalue weighted by Crippen LogP contribution is -2.06. The first kappa shape index (κ1) is 15.6. The second-order valence-electron chi connectivity index (χ2n) is 4.12. The summed E-state index contributed by atoms with van der Waals surface area (Å²) in [5.41, 5.74) is 0.989. The van der Waals surface area contributed by atoms with Gasteiger partial charge in [0.2, 0.25) is 0 Å². The number of halogens is 1. The number of anilines is 2. The van der Waals surface area contributed by atoms with Crippen molar-refractivity contribution in [2.24, 2.45) is 0 Å². The number of carbonyl (C=O) groups excluding carboxylic acids is 1. The number of ether oxygens (including phenoxy) is 2. The van der Waals surface area contributed by atoms with Crippen molar-refractivity contribution in [3.8, 4) is 5.75 Å². The summed E-state index contributed by atoms with van der Waals surface area (Å²) in [5, 5.41) is 4.21. The highest BCUT2D eigenvalue weighted by Crippen LogP contribution is 2.32. The normalized spacial score (nSPS) is 10.3. The first-order valence-corrected chi connectivity index (χ1v) is 7.49. The molecule has 0 amide bonds. The van der Waals surface area contributed by atoms with Crippen molar-refractivity contribution >= 4 is 39.7 Å². The average molecular weight is 327 g/mol. The largest absolute Gasteiger partial charge is 0.497 e. The molecule has 1 heterocycles. The van der Waals surface area contributed by atoms with E-state index < -0.39 is 5.97 Å². The van der Waals surface area contributed by atoms with E-state index in [0.717, 1.165) is 4.88 Å². The minimum Gasteiger partial charge on any atom is -0.497 e. The van der Waals surface area contributed by atoms with E-state index in [1.54, 1.807) is 32.2 Å². The predicted molar refractivity (Wildman–Crippen MR) is 84.1 cm³/mol. The van der Waals surface area contributed by atoms with E-state index in [9.17, 15) is 4.79 Å². The van der Waals surface area contributed by atoms with Crippen LogP contribution in [0.2, 0.25) is 5.02 Å². The Kier molecular flexibility index (Phi) is 5.03. The smallest absolute Gasteiger partial charge is 0.358 e. The zero-order valence-corrected chi connectivity index (χ0v) is 13.5. The minimum atomic E-state index is -0.420. The number of benzene rings is 1. The van der Waals surface area contributed by atoms with Crippen LogP contribution in [0.25, 0.3) is 0 Å². The van der Waals surface area contributed by atoms with Crippen LogP contribution < -0.4 is 10.1 Å². The highest BCUT2D eigenvalue weighted by atomic mass is 35.5. The Hall–Kier alpha value is -1.79. The van der Waals surface area contributed by atoms with Gasteiger partial charge in [0, 0.05) is 10.9 Å². The molecule has 2 rings (SSSR count). The van der Waals surface area contributed by atoms with Gasteiger partial charge < -0.3 is 14.8 Å². The maximum Gasteiger partial charge on any atom is 0.358 e. The second-order valence-corrected chi connectivity index (χ2v) is 5.73. The molecule has 7 heteroatoms. The number of hydrogen-bond donors (Lipinski definition) is 1. The molecule has 0 saturated carbocycles. The van der Waals surface area contributed by atoms with Crippen LogP contribution in [0.5, 0.6) is 5.75 Å². The summed E-state index contributed by atoms with van der Waals surface area (Å²) >= 11 is 7.49. The van der Waals surface area contributed by atoms with Crippen LogP contribution in [0.3, 0.4) is 0 Å². The number of hydrogen-bond acceptors (Lipinski definition) is 6. The van der Waals surface area contributed by atoms with Crippen LogP contribution in [0.15, 0.2) is 18.2 Å². The summed E-state index contributed by atoms with van der Waals surface area (Å²) < 4.78 is 10.1. The summed E-state index contributed by atoms with van der Waals surface area (Å²) in [6.45, 7) is 3.90. The Bertz CT molecular complexity index is 658. The highest BCUT2D eigenvalue weighted by molar-refractivity contribution is 7.15. The van der Waals surface area contributed by atoms with Crippen molar-refractivity contribution in [1.29, 1.82) is 0 Å². The van der Waals surface area contributed by atoms with Crippen molar-refractivity contribution in [2.45, 2.75) is 13.8 Å². The lowest BCUT2D eigenvalue weighted by molar-refractivity contribution is 0.0519. The van der Waals surface area contributed by atoms with E-state index in [1.807, 2.05) is 6.92 Å². The molecule has 0 radical (unpaired) electrons. The topological polar surface area (TPSA) is 60.5 Å². The molecule has 2 aromatic rings. The number of rotatable bonds is 5. The summed E-state index contributed by atoms with van der Waals surface area (Å²) in [6, 6.07) is 5.27. The molecule has 1 aromatic carbocycles. The fraction of sp³-hybridized carbons (Fsp3) is 0.286. The van der Waals surface area contributed by atoms with E-state index in [1.165, 1.54) is 11.3 Å². The Morgan fingerprint density at radius 1 is 1.48 bits per heavy atom. The van der Waals surface area contributed by atoms with E-state index in [4.69, 9.17) is 21.1 Å². The maximum absolute atomic E-state index is 11.7. The molecule has 1 N–H and O–H groups in total. The third-order valence-corrected chi connectivity index (χ3v) is 3.90. The van der Waals surface area contributed by atoms with Crippen molar-refractivity contribution in [3.05, 3.63) is 33.8 Å². The molecule has 0 spiro atoms. The van der Waals surface area contributed by atoms with Gasteiger partial charge in [0.25, 0.3) is 0 Å². The van der Waals surface area contributed by atoms with Gasteiger partial charge in [0.15, 0.2) is 10.8 Å². The lowest BCUT2D eigenvalue weighted by atomic mass is 10.3. The molecule has 0 unspecified atom stereocenters. The standard InChI is InChI=1S/C14H15ClN2O3S/c1-4-20-13(18)12-8(2)21-14(17-12)16-11-7-9(19-3)5-6-10(11)15/h5-7H,4H2,1-3H3,(H,16,17). The fourth-order valence-electron chi connectivity index (χ4n) is 1.68. The summed E-state index contributed by atoms with van der Waals surface area (Å²) in [5.74, 6) is 0.261. The Balaban J connectivity index is 2.24. The van der Waals surface area contributed by atoms with E-state index in [2.05, 4.69) is 10.3 Å². The van der Waals surface area contributed by atoms with Crippen LogP contribution in [0.1, 0.15) is 22.3 Å². The molecule has 1 aromatic heterocycles. The van der Waals surface area contributed by atoms with Crippen LogP contribution in [-0.2, 0) is 4.74 Å². The number of carbonyl (C=O) groups is 1. The number of nitrogens with zero attached hydrogens (tertiary/aromatic N) is 1. The average Bonchev–Trinajstić information content (AvgIpc) is 2.82. The Labute approximate surface area is 131 Å². The quantitative estimate of drug-likeness (QED) is 0.840. The number of aryl methyl sites for hydroxylation is 1. The van der Waals surface area contributed by atoms with E-state index >= 15 is 0 Å². The first-order valence-electron chi connectivity index (χ1n) is 6.30. The summed E-state index contributed by atoms with van der Waals surface area (Å²) in [6.07, 6.45) is 0. The monoisotopic (exact) mass is 326 g/mol. The fourth-order valence-corrected chi connectivity index (χ4v) is 2.66.